The molecule has 1 unspecified atom stereocenters. The highest BCUT2D eigenvalue weighted by Crippen LogP contribution is 2.25. The van der Waals surface area contributed by atoms with E-state index < -0.39 is 10.0 Å². The molecule has 2 aromatic rings. The molecule has 0 saturated heterocycles. The Hall–Kier alpha value is -1.85. The summed E-state index contributed by atoms with van der Waals surface area (Å²) in [6.45, 7) is 3.75. The van der Waals surface area contributed by atoms with E-state index in [2.05, 4.69) is 0 Å². The van der Waals surface area contributed by atoms with E-state index in [0.717, 1.165) is 11.1 Å². The third-order valence-electron chi connectivity index (χ3n) is 3.52. The van der Waals surface area contributed by atoms with Crippen LogP contribution in [0, 0.1) is 6.92 Å². The predicted molar refractivity (Wildman–Crippen MR) is 85.8 cm³/mol. The van der Waals surface area contributed by atoms with Gasteiger partial charge < -0.3 is 5.73 Å². The van der Waals surface area contributed by atoms with Crippen molar-refractivity contribution in [2.45, 2.75) is 24.8 Å². The number of nitrogens with zero attached hydrogens (tertiary/aromatic N) is 1. The highest BCUT2D eigenvalue weighted by atomic mass is 32.2. The van der Waals surface area contributed by atoms with Crippen molar-refractivity contribution in [2.24, 2.45) is 5.73 Å². The molecule has 0 fully saturated rings. The number of anilines is 1. The second-order valence-electron chi connectivity index (χ2n) is 5.12. The first kappa shape index (κ1) is 15.5. The highest BCUT2D eigenvalue weighted by molar-refractivity contribution is 7.92. The SMILES string of the molecule is Cc1ccccc1N(C)S(=O)(=O)c1ccc(C(C)N)cc1. The van der Waals surface area contributed by atoms with Crippen molar-refractivity contribution < 1.29 is 8.42 Å². The predicted octanol–water partition coefficient (Wildman–Crippen LogP) is 2.84. The number of sulfonamides is 1. The lowest BCUT2D eigenvalue weighted by Gasteiger charge is -2.21. The first-order valence-corrected chi connectivity index (χ1v) is 8.18. The van der Waals surface area contributed by atoms with Gasteiger partial charge in [-0.3, -0.25) is 4.31 Å². The van der Waals surface area contributed by atoms with E-state index in [9.17, 15) is 8.42 Å². The van der Waals surface area contributed by atoms with E-state index in [4.69, 9.17) is 5.73 Å². The summed E-state index contributed by atoms with van der Waals surface area (Å²) >= 11 is 0. The molecule has 0 heterocycles. The van der Waals surface area contributed by atoms with Crippen LogP contribution in [0.5, 0.6) is 0 Å². The van der Waals surface area contributed by atoms with Crippen molar-refractivity contribution in [1.82, 2.24) is 0 Å². The maximum Gasteiger partial charge on any atom is 0.264 e. The lowest BCUT2D eigenvalue weighted by molar-refractivity contribution is 0.594. The number of benzene rings is 2. The summed E-state index contributed by atoms with van der Waals surface area (Å²) in [5.74, 6) is 0. The van der Waals surface area contributed by atoms with Crippen molar-refractivity contribution in [3.63, 3.8) is 0 Å². The number of hydrogen-bond donors (Lipinski definition) is 1. The Morgan fingerprint density at radius 1 is 1.05 bits per heavy atom. The largest absolute Gasteiger partial charge is 0.324 e. The van der Waals surface area contributed by atoms with Crippen molar-refractivity contribution in [1.29, 1.82) is 0 Å². The van der Waals surface area contributed by atoms with E-state index in [0.29, 0.717) is 5.69 Å². The van der Waals surface area contributed by atoms with Crippen LogP contribution in [0.1, 0.15) is 24.1 Å². The van der Waals surface area contributed by atoms with Gasteiger partial charge in [0.15, 0.2) is 0 Å². The molecule has 0 aliphatic rings. The van der Waals surface area contributed by atoms with Crippen LogP contribution in [0.25, 0.3) is 0 Å². The highest BCUT2D eigenvalue weighted by Gasteiger charge is 2.22. The van der Waals surface area contributed by atoms with Crippen LogP contribution in [0.3, 0.4) is 0 Å². The first-order valence-electron chi connectivity index (χ1n) is 6.74. The Kier molecular flexibility index (Phi) is 4.34. The zero-order valence-electron chi connectivity index (χ0n) is 12.4. The van der Waals surface area contributed by atoms with Gasteiger partial charge in [0, 0.05) is 13.1 Å². The van der Waals surface area contributed by atoms with Gasteiger partial charge >= 0.3 is 0 Å². The molecule has 21 heavy (non-hydrogen) atoms. The van der Waals surface area contributed by atoms with Crippen LogP contribution >= 0.6 is 0 Å². The Morgan fingerprint density at radius 2 is 1.62 bits per heavy atom. The maximum absolute atomic E-state index is 12.7. The minimum atomic E-state index is -3.56. The number of rotatable bonds is 4. The maximum atomic E-state index is 12.7. The van der Waals surface area contributed by atoms with Gasteiger partial charge in [-0.15, -0.1) is 0 Å². The molecule has 112 valence electrons. The fourth-order valence-corrected chi connectivity index (χ4v) is 3.41. The quantitative estimate of drug-likeness (QED) is 0.944. The molecule has 0 radical (unpaired) electrons. The van der Waals surface area contributed by atoms with Crippen LogP contribution in [0.2, 0.25) is 0 Å². The minimum absolute atomic E-state index is 0.115. The molecule has 2 aromatic carbocycles. The summed E-state index contributed by atoms with van der Waals surface area (Å²) in [4.78, 5) is 0.262. The molecule has 0 aliphatic heterocycles. The molecule has 1 atom stereocenters. The lowest BCUT2D eigenvalue weighted by Crippen LogP contribution is -2.27. The molecule has 0 bridgehead atoms. The van der Waals surface area contributed by atoms with Gasteiger partial charge in [-0.1, -0.05) is 30.3 Å². The Balaban J connectivity index is 2.40. The smallest absolute Gasteiger partial charge is 0.264 e. The third-order valence-corrected chi connectivity index (χ3v) is 5.30. The van der Waals surface area contributed by atoms with E-state index in [1.54, 1.807) is 37.4 Å². The summed E-state index contributed by atoms with van der Waals surface area (Å²) < 4.78 is 26.6. The average molecular weight is 304 g/mol. The van der Waals surface area contributed by atoms with Crippen LogP contribution in [0.15, 0.2) is 53.4 Å². The Morgan fingerprint density at radius 3 is 2.14 bits per heavy atom. The van der Waals surface area contributed by atoms with E-state index in [1.807, 2.05) is 32.0 Å². The van der Waals surface area contributed by atoms with Crippen molar-refractivity contribution in [2.75, 3.05) is 11.4 Å². The standard InChI is InChI=1S/C16H20N2O2S/c1-12-6-4-5-7-16(12)18(3)21(19,20)15-10-8-14(9-11-15)13(2)17/h4-11,13H,17H2,1-3H3. The summed E-state index contributed by atoms with van der Waals surface area (Å²) in [5, 5.41) is 0. The van der Waals surface area contributed by atoms with E-state index >= 15 is 0 Å². The molecular weight excluding hydrogens is 284 g/mol. The fraction of sp³-hybridized carbons (Fsp3) is 0.250. The zero-order chi connectivity index (χ0) is 15.6. The molecule has 0 spiro atoms. The Bertz CT molecular complexity index is 722. The van der Waals surface area contributed by atoms with Gasteiger partial charge in [0.2, 0.25) is 0 Å². The molecule has 0 aliphatic carbocycles. The molecule has 0 aromatic heterocycles. The number of nitrogens with two attached hydrogens (primary N) is 1. The normalized spacial score (nSPS) is 13.0. The molecular formula is C16H20N2O2S. The average Bonchev–Trinajstić information content (AvgIpc) is 2.47. The molecule has 5 heteroatoms. The number of hydrogen-bond acceptors (Lipinski definition) is 3. The third kappa shape index (κ3) is 3.09. The lowest BCUT2D eigenvalue weighted by atomic mass is 10.1. The second-order valence-corrected chi connectivity index (χ2v) is 7.09. The van der Waals surface area contributed by atoms with Gasteiger partial charge in [0.1, 0.15) is 0 Å². The summed E-state index contributed by atoms with van der Waals surface area (Å²) in [6.07, 6.45) is 0. The number of aryl methyl sites for hydroxylation is 1. The molecule has 0 amide bonds. The summed E-state index contributed by atoms with van der Waals surface area (Å²) in [6, 6.07) is 14.0. The Labute approximate surface area is 126 Å². The van der Waals surface area contributed by atoms with Crippen LogP contribution in [-0.2, 0) is 10.0 Å². The van der Waals surface area contributed by atoms with Crippen molar-refractivity contribution in [3.8, 4) is 0 Å². The minimum Gasteiger partial charge on any atom is -0.324 e. The van der Waals surface area contributed by atoms with Gasteiger partial charge in [0.05, 0.1) is 10.6 Å². The summed E-state index contributed by atoms with van der Waals surface area (Å²) in [5.41, 5.74) is 8.28. The van der Waals surface area contributed by atoms with Crippen molar-refractivity contribution in [3.05, 3.63) is 59.7 Å². The van der Waals surface area contributed by atoms with Gasteiger partial charge in [-0.2, -0.15) is 0 Å². The van der Waals surface area contributed by atoms with Gasteiger partial charge in [-0.25, -0.2) is 8.42 Å². The molecule has 0 saturated carbocycles. The van der Waals surface area contributed by atoms with Gasteiger partial charge in [0.25, 0.3) is 10.0 Å². The monoisotopic (exact) mass is 304 g/mol. The van der Waals surface area contributed by atoms with E-state index in [-0.39, 0.29) is 10.9 Å². The van der Waals surface area contributed by atoms with Crippen LogP contribution < -0.4 is 10.0 Å². The first-order chi connectivity index (χ1) is 9.84. The topological polar surface area (TPSA) is 63.4 Å². The van der Waals surface area contributed by atoms with E-state index in [1.165, 1.54) is 4.31 Å². The van der Waals surface area contributed by atoms with Crippen LogP contribution in [0.4, 0.5) is 5.69 Å². The summed E-state index contributed by atoms with van der Waals surface area (Å²) in [7, 11) is -2.00. The van der Waals surface area contributed by atoms with Crippen LogP contribution in [-0.4, -0.2) is 15.5 Å². The molecule has 4 nitrogen and oxygen atoms in total. The van der Waals surface area contributed by atoms with Crippen molar-refractivity contribution >= 4 is 15.7 Å². The van der Waals surface area contributed by atoms with Gasteiger partial charge in [-0.05, 0) is 43.2 Å². The molecule has 2 rings (SSSR count). The second kappa shape index (κ2) is 5.87. The fourth-order valence-electron chi connectivity index (χ4n) is 2.15. The zero-order valence-corrected chi connectivity index (χ0v) is 13.3. The molecule has 2 N–H and O–H groups in total. The number of para-hydroxylation sites is 1.